The number of ether oxygens (including phenoxy) is 5. The van der Waals surface area contributed by atoms with Crippen molar-refractivity contribution in [1.82, 2.24) is 35.3 Å². The lowest BCUT2D eigenvalue weighted by molar-refractivity contribution is -0.188. The van der Waals surface area contributed by atoms with E-state index in [0.29, 0.717) is 68.1 Å². The first kappa shape index (κ1) is 57.8. The highest BCUT2D eigenvalue weighted by molar-refractivity contribution is 5.92. The Balaban J connectivity index is 0.000000156. The Labute approximate surface area is 474 Å². The molecule has 23 nitrogen and oxygen atoms in total. The molecule has 5 unspecified atom stereocenters. The lowest BCUT2D eigenvalue weighted by Gasteiger charge is -2.62. The fourth-order valence-electron chi connectivity index (χ4n) is 14.9. The van der Waals surface area contributed by atoms with Gasteiger partial charge in [0.05, 0.1) is 53.9 Å². The van der Waals surface area contributed by atoms with E-state index in [9.17, 15) is 48.9 Å². The quantitative estimate of drug-likeness (QED) is 0.0696. The summed E-state index contributed by atoms with van der Waals surface area (Å²) in [6, 6.07) is 5.01. The van der Waals surface area contributed by atoms with Gasteiger partial charge in [-0.15, -0.1) is 0 Å². The molecule has 0 radical (unpaired) electrons. The molecule has 82 heavy (non-hydrogen) atoms. The van der Waals surface area contributed by atoms with Crippen molar-refractivity contribution in [3.05, 3.63) is 65.2 Å². The van der Waals surface area contributed by atoms with Crippen molar-refractivity contribution in [2.45, 2.75) is 155 Å². The molecule has 7 N–H and O–H groups in total. The average molecular weight is 1140 g/mol. The maximum Gasteiger partial charge on any atom is 0.514 e. The van der Waals surface area contributed by atoms with Crippen LogP contribution >= 0.6 is 0 Å². The Morgan fingerprint density at radius 3 is 1.63 bits per heavy atom. The number of likely N-dealkylation sites (N-methyl/N-ethyl adjacent to an activating group) is 2. The molecule has 5 heterocycles. The Hall–Kier alpha value is -6.02. The molecular weight excluding hydrogens is 1060 g/mol. The minimum absolute atomic E-state index is 0.0196. The monoisotopic (exact) mass is 1140 g/mol. The van der Waals surface area contributed by atoms with Gasteiger partial charge in [0.1, 0.15) is 30.5 Å². The summed E-state index contributed by atoms with van der Waals surface area (Å²) in [5.74, 6) is 1.78. The molecule has 23 heteroatoms. The maximum absolute atomic E-state index is 13.2. The van der Waals surface area contributed by atoms with Gasteiger partial charge >= 0.3 is 12.2 Å². The van der Waals surface area contributed by atoms with Crippen LogP contribution in [0.3, 0.4) is 0 Å². The van der Waals surface area contributed by atoms with E-state index in [2.05, 4.69) is 30.7 Å². The zero-order chi connectivity index (χ0) is 58.0. The molecule has 2 aromatic carbocycles. The molecule has 4 saturated carbocycles. The Morgan fingerprint density at radius 1 is 0.707 bits per heavy atom. The summed E-state index contributed by atoms with van der Waals surface area (Å²) < 4.78 is 30.3. The normalized spacial score (nSPS) is 30.5. The number of carbonyl (C=O) groups excluding carboxylic acids is 7. The molecule has 4 aliphatic heterocycles. The number of piperidine rings is 2. The Kier molecular flexibility index (Phi) is 15.9. The van der Waals surface area contributed by atoms with Crippen molar-refractivity contribution in [3.63, 3.8) is 0 Å². The Morgan fingerprint density at radius 2 is 1.21 bits per heavy atom. The molecule has 6 fully saturated rings. The third-order valence-electron chi connectivity index (χ3n) is 19.5. The van der Waals surface area contributed by atoms with Crippen LogP contribution in [0.2, 0.25) is 0 Å². The van der Waals surface area contributed by atoms with E-state index in [1.807, 2.05) is 12.1 Å². The topological polar surface area (TPSA) is 307 Å². The van der Waals surface area contributed by atoms with Crippen LogP contribution in [0, 0.1) is 11.8 Å². The van der Waals surface area contributed by atoms with Crippen LogP contribution in [-0.2, 0) is 52.4 Å². The molecule has 13 rings (SSSR count). The number of ketones is 5. The highest BCUT2D eigenvalue weighted by Gasteiger charge is 2.75. The molecule has 6 aliphatic carbocycles. The van der Waals surface area contributed by atoms with E-state index >= 15 is 0 Å². The largest absolute Gasteiger partial charge is 0.514 e. The minimum Gasteiger partial charge on any atom is -0.477 e. The van der Waals surface area contributed by atoms with E-state index in [1.165, 1.54) is 69.9 Å². The summed E-state index contributed by atoms with van der Waals surface area (Å²) >= 11 is 0. The van der Waals surface area contributed by atoms with Crippen LogP contribution in [0.1, 0.15) is 100 Å². The number of aromatic nitrogens is 2. The zero-order valence-electron chi connectivity index (χ0n) is 46.9. The van der Waals surface area contributed by atoms with Gasteiger partial charge in [0.25, 0.3) is 0 Å². The predicted molar refractivity (Wildman–Crippen MR) is 290 cm³/mol. The number of likely N-dealkylation sites (tertiary alicyclic amines) is 2. The van der Waals surface area contributed by atoms with E-state index in [0.717, 1.165) is 54.4 Å². The standard InChI is InChI=1S/C30H39N3O9.C24H25N3O5.C5H11NO2/c1-16(35)20(32-12-22(37)19(14-34)31-2)15-40-28(38)41-23-6-5-18-11-24-30(39)8-7-21(36)27-29(30,25(18)26(23)42-27)9-10-33(24)13-17-3-4-17;28-16-5-6-24(30)18-11-15-3-4-17(31-22(29)27-10-8-25-13-27)20-19(15)23(24,21(16)32-20)7-9-26(18)12-14-1-2-14;1-4(8)5(3-7)6-2/h5-6,17,19-20,24,27,31-32,34,39H,3-4,7-15H2,1-2H3;3-4,8,10,13-14,18,21,30H,1-2,5-7,9,11-12H2;5-7H,3H2,1-2H3/t19?,20?,24-,27?,29+,30-;18-,21?,23+,24-;/m11./s1. The second kappa shape index (κ2) is 22.5. The summed E-state index contributed by atoms with van der Waals surface area (Å²) in [6.07, 6.45) is 10.1. The molecular formula is C59H75N7O16. The lowest BCUT2D eigenvalue weighted by Crippen LogP contribution is -2.76. The fraction of sp³-hybridized carbons (Fsp3) is 0.627. The summed E-state index contributed by atoms with van der Waals surface area (Å²) in [7, 11) is 3.18. The molecule has 4 bridgehead atoms. The van der Waals surface area contributed by atoms with Crippen molar-refractivity contribution in [1.29, 1.82) is 0 Å². The number of hydrogen-bond donors (Lipinski definition) is 7. The number of aliphatic hydroxyl groups excluding tert-OH is 2. The highest BCUT2D eigenvalue weighted by Crippen LogP contribution is 2.67. The lowest BCUT2D eigenvalue weighted by atomic mass is 9.49. The molecule has 3 aromatic rings. The van der Waals surface area contributed by atoms with Gasteiger partial charge in [0.2, 0.25) is 0 Å². The van der Waals surface area contributed by atoms with Crippen LogP contribution in [0.4, 0.5) is 9.59 Å². The van der Waals surface area contributed by atoms with Gasteiger partial charge in [-0.25, -0.2) is 19.1 Å². The SMILES string of the molecule is CNC(CO)C(=O)CNC(COC(=O)Oc1ccc2c3c1OC1C(=O)CC[C@@]4(O)[C@@H](C2)N(CC2CC2)CC[C@]314)C(C)=O.CNC(CO)C(C)=O.O=C1CC[C@@]2(O)[C@H]3Cc4ccc(OC(=O)n5ccnc5)c5c4[C@@]2(CCN3CC2CC2)C1O5. The van der Waals surface area contributed by atoms with E-state index in [-0.39, 0.29) is 85.6 Å². The fourth-order valence-corrected chi connectivity index (χ4v) is 14.9. The number of nitrogens with one attached hydrogen (secondary N) is 3. The third-order valence-corrected chi connectivity index (χ3v) is 19.5. The van der Waals surface area contributed by atoms with Crippen molar-refractivity contribution in [2.75, 3.05) is 66.6 Å². The first-order valence-corrected chi connectivity index (χ1v) is 28.9. The number of nitrogens with zero attached hydrogens (tertiary/aromatic N) is 4. The van der Waals surface area contributed by atoms with E-state index in [1.54, 1.807) is 19.2 Å². The third kappa shape index (κ3) is 9.75. The van der Waals surface area contributed by atoms with Crippen molar-refractivity contribution in [3.8, 4) is 23.0 Å². The summed E-state index contributed by atoms with van der Waals surface area (Å²) in [4.78, 5) is 95.1. The molecule has 2 saturated heterocycles. The van der Waals surface area contributed by atoms with Gasteiger partial charge in [-0.1, -0.05) is 12.1 Å². The van der Waals surface area contributed by atoms with Gasteiger partial charge in [0.15, 0.2) is 52.6 Å². The molecule has 2 spiro atoms. The first-order valence-electron chi connectivity index (χ1n) is 28.9. The van der Waals surface area contributed by atoms with Crippen molar-refractivity contribution < 1.29 is 77.7 Å². The van der Waals surface area contributed by atoms with Crippen molar-refractivity contribution >= 4 is 41.2 Å². The minimum atomic E-state index is -1.13. The summed E-state index contributed by atoms with van der Waals surface area (Å²) in [5, 5.41) is 50.4. The number of hydrogen-bond acceptors (Lipinski definition) is 22. The summed E-state index contributed by atoms with van der Waals surface area (Å²) in [6.45, 7) is 5.23. The predicted octanol–water partition coefficient (Wildman–Crippen LogP) is 1.25. The van der Waals surface area contributed by atoms with Crippen LogP contribution in [0.15, 0.2) is 43.0 Å². The molecule has 0 amide bonds. The molecule has 1 aromatic heterocycles. The average Bonchev–Trinajstić information content (AvgIpc) is 2.24. The first-order chi connectivity index (χ1) is 39.4. The van der Waals surface area contributed by atoms with Gasteiger partial charge in [0, 0.05) is 61.5 Å². The zero-order valence-corrected chi connectivity index (χ0v) is 46.9. The van der Waals surface area contributed by atoms with Gasteiger partial charge in [-0.3, -0.25) is 39.1 Å². The van der Waals surface area contributed by atoms with Crippen molar-refractivity contribution in [2.24, 2.45) is 11.8 Å². The molecule has 10 aliphatic rings. The van der Waals surface area contributed by atoms with Crippen LogP contribution in [0.5, 0.6) is 23.0 Å². The Bertz CT molecular complexity index is 3010. The number of carbonyl (C=O) groups is 7. The highest BCUT2D eigenvalue weighted by atomic mass is 16.7. The number of rotatable bonds is 18. The number of imidazole rings is 1. The second-order valence-electron chi connectivity index (χ2n) is 24.1. The molecule has 11 atom stereocenters. The maximum atomic E-state index is 13.2. The van der Waals surface area contributed by atoms with Crippen LogP contribution < -0.4 is 34.9 Å². The van der Waals surface area contributed by atoms with Gasteiger partial charge in [-0.05, 0) is 140 Å². The van der Waals surface area contributed by atoms with Gasteiger partial charge < -0.3 is 54.7 Å². The van der Waals surface area contributed by atoms with Crippen LogP contribution in [-0.4, -0.2) is 201 Å². The number of aliphatic hydroxyl groups is 4. The van der Waals surface area contributed by atoms with Crippen LogP contribution in [0.25, 0.3) is 0 Å². The van der Waals surface area contributed by atoms with E-state index in [4.69, 9.17) is 28.8 Å². The molecule has 442 valence electrons. The number of Topliss-reactive ketones (excluding diaryl/α,β-unsaturated/α-hetero) is 5. The van der Waals surface area contributed by atoms with Gasteiger partial charge in [-0.2, -0.15) is 0 Å². The number of benzene rings is 2. The van der Waals surface area contributed by atoms with E-state index < -0.39 is 58.6 Å². The second-order valence-corrected chi connectivity index (χ2v) is 24.1. The smallest absolute Gasteiger partial charge is 0.477 e. The summed E-state index contributed by atoms with van der Waals surface area (Å²) in [5.41, 5.74) is -0.0825.